The van der Waals surface area contributed by atoms with Crippen molar-refractivity contribution < 1.29 is 9.59 Å². The molecule has 16 heavy (non-hydrogen) atoms. The standard InChI is InChI=1S/C8H13N3O2S.C2H6/c1-9-8(14)10-6(12)5-11-4-2-3-7(11)13;1-2/h2-5H2,1H3,(H2,9,10,12,14);1-2H3. The van der Waals surface area contributed by atoms with Crippen molar-refractivity contribution in [3.05, 3.63) is 0 Å². The van der Waals surface area contributed by atoms with Gasteiger partial charge in [-0.15, -0.1) is 0 Å². The molecule has 0 saturated carbocycles. The maximum atomic E-state index is 11.3. The summed E-state index contributed by atoms with van der Waals surface area (Å²) in [7, 11) is 1.63. The molecule has 1 aliphatic heterocycles. The van der Waals surface area contributed by atoms with E-state index in [2.05, 4.69) is 10.6 Å². The van der Waals surface area contributed by atoms with Crippen molar-refractivity contribution in [3.8, 4) is 0 Å². The number of carbonyl (C=O) groups excluding carboxylic acids is 2. The molecule has 0 radical (unpaired) electrons. The van der Waals surface area contributed by atoms with Crippen molar-refractivity contribution in [3.63, 3.8) is 0 Å². The summed E-state index contributed by atoms with van der Waals surface area (Å²) in [6.07, 6.45) is 1.38. The Morgan fingerprint density at radius 2 is 2.12 bits per heavy atom. The first-order valence-corrected chi connectivity index (χ1v) is 5.83. The number of amides is 2. The molecule has 5 nitrogen and oxygen atoms in total. The van der Waals surface area contributed by atoms with Crippen LogP contribution in [0.15, 0.2) is 0 Å². The maximum absolute atomic E-state index is 11.3. The lowest BCUT2D eigenvalue weighted by molar-refractivity contribution is -0.132. The molecule has 92 valence electrons. The molecular formula is C10H19N3O2S. The predicted molar refractivity (Wildman–Crippen MR) is 67.0 cm³/mol. The maximum Gasteiger partial charge on any atom is 0.245 e. The summed E-state index contributed by atoms with van der Waals surface area (Å²) in [5, 5.41) is 5.37. The summed E-state index contributed by atoms with van der Waals surface area (Å²) in [6.45, 7) is 4.76. The molecule has 0 aromatic rings. The molecule has 6 heteroatoms. The Hall–Kier alpha value is -1.17. The SMILES string of the molecule is CC.CNC(=S)NC(=O)CN1CCCC1=O. The molecular weight excluding hydrogens is 226 g/mol. The van der Waals surface area contributed by atoms with Gasteiger partial charge in [-0.25, -0.2) is 0 Å². The molecule has 0 bridgehead atoms. The highest BCUT2D eigenvalue weighted by atomic mass is 32.1. The lowest BCUT2D eigenvalue weighted by Crippen LogP contribution is -2.43. The Morgan fingerprint density at radius 1 is 1.50 bits per heavy atom. The normalized spacial score (nSPS) is 13.9. The van der Waals surface area contributed by atoms with Gasteiger partial charge in [-0.2, -0.15) is 0 Å². The molecule has 1 aliphatic rings. The van der Waals surface area contributed by atoms with Crippen molar-refractivity contribution in [2.24, 2.45) is 0 Å². The highest BCUT2D eigenvalue weighted by molar-refractivity contribution is 7.80. The second-order valence-electron chi connectivity index (χ2n) is 3.05. The molecule has 1 rings (SSSR count). The van der Waals surface area contributed by atoms with Gasteiger partial charge in [-0.3, -0.25) is 9.59 Å². The third-order valence-corrected chi connectivity index (χ3v) is 2.29. The van der Waals surface area contributed by atoms with E-state index < -0.39 is 0 Å². The number of carbonyl (C=O) groups is 2. The lowest BCUT2D eigenvalue weighted by Gasteiger charge is -2.14. The molecule has 1 saturated heterocycles. The van der Waals surface area contributed by atoms with Crippen LogP contribution in [-0.2, 0) is 9.59 Å². The number of rotatable bonds is 2. The van der Waals surface area contributed by atoms with E-state index in [9.17, 15) is 9.59 Å². The Morgan fingerprint density at radius 3 is 2.56 bits per heavy atom. The van der Waals surface area contributed by atoms with Crippen LogP contribution in [0.4, 0.5) is 0 Å². The monoisotopic (exact) mass is 245 g/mol. The van der Waals surface area contributed by atoms with Gasteiger partial charge in [-0.05, 0) is 18.6 Å². The third kappa shape index (κ3) is 5.06. The minimum atomic E-state index is -0.250. The molecule has 0 aliphatic carbocycles. The van der Waals surface area contributed by atoms with Crippen molar-refractivity contribution >= 4 is 29.1 Å². The smallest absolute Gasteiger partial charge is 0.245 e. The predicted octanol–water partition coefficient (Wildman–Crippen LogP) is 0.255. The average molecular weight is 245 g/mol. The van der Waals surface area contributed by atoms with E-state index in [4.69, 9.17) is 12.2 Å². The van der Waals surface area contributed by atoms with Gasteiger partial charge in [0.2, 0.25) is 11.8 Å². The summed E-state index contributed by atoms with van der Waals surface area (Å²) in [5.74, 6) is -0.213. The Labute approximate surface area is 102 Å². The minimum absolute atomic E-state index is 0.0375. The number of hydrogen-bond donors (Lipinski definition) is 2. The lowest BCUT2D eigenvalue weighted by atomic mass is 10.4. The zero-order chi connectivity index (χ0) is 12.6. The third-order valence-electron chi connectivity index (χ3n) is 1.99. The summed E-state index contributed by atoms with van der Waals surface area (Å²) < 4.78 is 0. The molecule has 0 unspecified atom stereocenters. The van der Waals surface area contributed by atoms with E-state index in [0.29, 0.717) is 13.0 Å². The van der Waals surface area contributed by atoms with Crippen LogP contribution in [-0.4, -0.2) is 42.0 Å². The van der Waals surface area contributed by atoms with Gasteiger partial charge in [-0.1, -0.05) is 13.8 Å². The minimum Gasteiger partial charge on any atom is -0.365 e. The number of hydrogen-bond acceptors (Lipinski definition) is 3. The number of nitrogens with zero attached hydrogens (tertiary/aromatic N) is 1. The molecule has 0 atom stereocenters. The largest absolute Gasteiger partial charge is 0.365 e. The van der Waals surface area contributed by atoms with Gasteiger partial charge in [0.1, 0.15) is 0 Å². The molecule has 0 aromatic heterocycles. The van der Waals surface area contributed by atoms with Crippen LogP contribution in [0.2, 0.25) is 0 Å². The zero-order valence-corrected chi connectivity index (χ0v) is 10.8. The zero-order valence-electron chi connectivity index (χ0n) is 10.0. The van der Waals surface area contributed by atoms with E-state index in [-0.39, 0.29) is 23.5 Å². The number of thiocarbonyl (C=S) groups is 1. The van der Waals surface area contributed by atoms with Crippen molar-refractivity contribution in [2.45, 2.75) is 26.7 Å². The van der Waals surface area contributed by atoms with Crippen LogP contribution in [0.5, 0.6) is 0 Å². The van der Waals surface area contributed by atoms with E-state index >= 15 is 0 Å². The van der Waals surface area contributed by atoms with Crippen molar-refractivity contribution in [1.82, 2.24) is 15.5 Å². The number of nitrogens with one attached hydrogen (secondary N) is 2. The first kappa shape index (κ1) is 14.8. The van der Waals surface area contributed by atoms with Gasteiger partial charge >= 0.3 is 0 Å². The quantitative estimate of drug-likeness (QED) is 0.685. The van der Waals surface area contributed by atoms with Gasteiger partial charge in [0, 0.05) is 20.0 Å². The van der Waals surface area contributed by atoms with E-state index in [1.807, 2.05) is 13.8 Å². The van der Waals surface area contributed by atoms with E-state index in [1.54, 1.807) is 7.05 Å². The van der Waals surface area contributed by atoms with Crippen LogP contribution in [0.1, 0.15) is 26.7 Å². The molecule has 2 N–H and O–H groups in total. The van der Waals surface area contributed by atoms with Crippen LogP contribution < -0.4 is 10.6 Å². The summed E-state index contributed by atoms with van der Waals surface area (Å²) >= 11 is 4.76. The van der Waals surface area contributed by atoms with Crippen molar-refractivity contribution in [2.75, 3.05) is 20.1 Å². The Kier molecular flexibility index (Phi) is 7.45. The highest BCUT2D eigenvalue weighted by Gasteiger charge is 2.22. The van der Waals surface area contributed by atoms with E-state index in [0.717, 1.165) is 6.42 Å². The topological polar surface area (TPSA) is 61.4 Å². The number of likely N-dealkylation sites (tertiary alicyclic amines) is 1. The van der Waals surface area contributed by atoms with E-state index in [1.165, 1.54) is 4.90 Å². The van der Waals surface area contributed by atoms with Crippen LogP contribution >= 0.6 is 12.2 Å². The van der Waals surface area contributed by atoms with Crippen molar-refractivity contribution in [1.29, 1.82) is 0 Å². The molecule has 2 amide bonds. The summed E-state index contributed by atoms with van der Waals surface area (Å²) in [5.41, 5.74) is 0. The van der Waals surface area contributed by atoms with Gasteiger partial charge in [0.05, 0.1) is 6.54 Å². The molecule has 0 aromatic carbocycles. The molecule has 1 heterocycles. The fourth-order valence-corrected chi connectivity index (χ4v) is 1.39. The van der Waals surface area contributed by atoms with Gasteiger partial charge in [0.25, 0.3) is 0 Å². The van der Waals surface area contributed by atoms with Crippen LogP contribution in [0.25, 0.3) is 0 Å². The van der Waals surface area contributed by atoms with Crippen LogP contribution in [0.3, 0.4) is 0 Å². The summed E-state index contributed by atoms with van der Waals surface area (Å²) in [6, 6.07) is 0. The second-order valence-corrected chi connectivity index (χ2v) is 3.45. The highest BCUT2D eigenvalue weighted by Crippen LogP contribution is 2.08. The average Bonchev–Trinajstić information content (AvgIpc) is 2.67. The Bertz CT molecular complexity index is 269. The fourth-order valence-electron chi connectivity index (χ4n) is 1.27. The first-order valence-electron chi connectivity index (χ1n) is 5.43. The fraction of sp³-hybridized carbons (Fsp3) is 0.700. The Balaban J connectivity index is 0.00000106. The molecule has 1 fully saturated rings. The van der Waals surface area contributed by atoms with Gasteiger partial charge < -0.3 is 15.5 Å². The van der Waals surface area contributed by atoms with Crippen LogP contribution in [0, 0.1) is 0 Å². The van der Waals surface area contributed by atoms with Gasteiger partial charge in [0.15, 0.2) is 5.11 Å². The molecule has 0 spiro atoms. The first-order chi connectivity index (χ1) is 7.63. The summed E-state index contributed by atoms with van der Waals surface area (Å²) in [4.78, 5) is 24.0. The second kappa shape index (κ2) is 8.04.